The average molecular weight is 436 g/mol. The lowest BCUT2D eigenvalue weighted by Crippen LogP contribution is -2.30. The first kappa shape index (κ1) is 25.5. The van der Waals surface area contributed by atoms with E-state index in [1.165, 1.54) is 44.9 Å². The second-order valence-corrected chi connectivity index (χ2v) is 8.75. The topological polar surface area (TPSA) is 75.9 Å². The smallest absolute Gasteiger partial charge is 0.331 e. The molecule has 0 amide bonds. The molecule has 1 unspecified atom stereocenters. The van der Waals surface area contributed by atoms with Crippen LogP contribution in [0.4, 0.5) is 0 Å². The molecule has 0 aliphatic rings. The summed E-state index contributed by atoms with van der Waals surface area (Å²) in [7, 11) is 0. The van der Waals surface area contributed by atoms with Crippen LogP contribution < -0.4 is 4.74 Å². The van der Waals surface area contributed by atoms with Gasteiger partial charge >= 0.3 is 5.97 Å². The zero-order chi connectivity index (χ0) is 23.2. The molecule has 0 N–H and O–H groups in total. The molecule has 0 bridgehead atoms. The van der Waals surface area contributed by atoms with Crippen molar-refractivity contribution in [1.82, 2.24) is 9.97 Å². The molecule has 0 fully saturated rings. The van der Waals surface area contributed by atoms with Gasteiger partial charge in [0.1, 0.15) is 5.75 Å². The molecule has 0 saturated heterocycles. The molecule has 1 aromatic carbocycles. The normalized spacial score (nSPS) is 12.7. The number of hydrogen-bond acceptors (Lipinski definition) is 5. The van der Waals surface area contributed by atoms with Gasteiger partial charge in [0.05, 0.1) is 6.07 Å². The van der Waals surface area contributed by atoms with Gasteiger partial charge in [-0.25, -0.2) is 14.8 Å². The quantitative estimate of drug-likeness (QED) is 0.180. The molecule has 0 aliphatic carbocycles. The van der Waals surface area contributed by atoms with Crippen LogP contribution in [0.2, 0.25) is 0 Å². The molecule has 172 valence electrons. The van der Waals surface area contributed by atoms with Gasteiger partial charge in [-0.1, -0.05) is 65.2 Å². The minimum absolute atomic E-state index is 0.423. The van der Waals surface area contributed by atoms with E-state index in [1.807, 2.05) is 31.5 Å². The number of aryl methyl sites for hydroxylation is 1. The maximum Gasteiger partial charge on any atom is 0.331 e. The van der Waals surface area contributed by atoms with Gasteiger partial charge in [-0.2, -0.15) is 5.26 Å². The van der Waals surface area contributed by atoms with Crippen LogP contribution in [0.3, 0.4) is 0 Å². The van der Waals surface area contributed by atoms with Crippen molar-refractivity contribution in [3.8, 4) is 23.2 Å². The summed E-state index contributed by atoms with van der Waals surface area (Å²) in [6, 6.07) is 9.23. The van der Waals surface area contributed by atoms with Crippen LogP contribution in [-0.2, 0) is 11.2 Å². The first-order valence-corrected chi connectivity index (χ1v) is 12.1. The Morgan fingerprint density at radius 3 is 2.12 bits per heavy atom. The van der Waals surface area contributed by atoms with E-state index in [1.54, 1.807) is 19.1 Å². The van der Waals surface area contributed by atoms with Crippen molar-refractivity contribution in [3.05, 3.63) is 42.2 Å². The van der Waals surface area contributed by atoms with E-state index >= 15 is 0 Å². The first-order valence-electron chi connectivity index (χ1n) is 12.1. The highest BCUT2D eigenvalue weighted by molar-refractivity contribution is 5.81. The van der Waals surface area contributed by atoms with E-state index in [-0.39, 0.29) is 0 Å². The van der Waals surface area contributed by atoms with E-state index in [0.717, 1.165) is 30.4 Å². The Hall–Kier alpha value is -2.74. The van der Waals surface area contributed by atoms with Crippen molar-refractivity contribution in [3.63, 3.8) is 0 Å². The molecule has 0 spiro atoms. The molecular formula is C27H37N3O2. The van der Waals surface area contributed by atoms with Crippen LogP contribution in [0, 0.1) is 16.7 Å². The van der Waals surface area contributed by atoms with Crippen LogP contribution in [0.15, 0.2) is 36.7 Å². The Morgan fingerprint density at radius 2 is 1.53 bits per heavy atom. The van der Waals surface area contributed by atoms with E-state index < -0.39 is 11.4 Å². The van der Waals surface area contributed by atoms with Crippen LogP contribution >= 0.6 is 0 Å². The number of ether oxygens (including phenoxy) is 1. The second kappa shape index (κ2) is 13.6. The number of nitrogens with zero attached hydrogens (tertiary/aromatic N) is 3. The van der Waals surface area contributed by atoms with Crippen molar-refractivity contribution in [2.75, 3.05) is 0 Å². The molecule has 2 aromatic rings. The van der Waals surface area contributed by atoms with Gasteiger partial charge in [0.15, 0.2) is 11.2 Å². The summed E-state index contributed by atoms with van der Waals surface area (Å²) in [6.45, 7) is 5.92. The fourth-order valence-electron chi connectivity index (χ4n) is 3.54. The standard InChI is InChI=1S/C27H37N3O2/c1-4-6-8-9-10-11-12-13-22-19-29-25(30-20-22)23-14-16-24(17-15-23)32-26(31)27(3,21-28)18-7-5-2/h14-17,19-20H,4-13,18H2,1-3H3. The van der Waals surface area contributed by atoms with E-state index in [9.17, 15) is 10.1 Å². The second-order valence-electron chi connectivity index (χ2n) is 8.75. The number of esters is 1. The monoisotopic (exact) mass is 435 g/mol. The molecule has 5 nitrogen and oxygen atoms in total. The van der Waals surface area contributed by atoms with E-state index in [2.05, 4.69) is 23.0 Å². The maximum absolute atomic E-state index is 12.5. The zero-order valence-corrected chi connectivity index (χ0v) is 19.9. The van der Waals surface area contributed by atoms with Crippen molar-refractivity contribution in [2.24, 2.45) is 5.41 Å². The van der Waals surface area contributed by atoms with Gasteiger partial charge in [0.25, 0.3) is 0 Å². The summed E-state index contributed by atoms with van der Waals surface area (Å²) in [5.74, 6) is 0.565. The molecule has 2 rings (SSSR count). The molecular weight excluding hydrogens is 398 g/mol. The fourth-order valence-corrected chi connectivity index (χ4v) is 3.54. The molecule has 1 heterocycles. The lowest BCUT2D eigenvalue weighted by Gasteiger charge is -2.19. The van der Waals surface area contributed by atoms with Gasteiger partial charge in [-0.15, -0.1) is 0 Å². The van der Waals surface area contributed by atoms with Crippen LogP contribution in [0.25, 0.3) is 11.4 Å². The molecule has 0 radical (unpaired) electrons. The molecule has 1 atom stereocenters. The highest BCUT2D eigenvalue weighted by Crippen LogP contribution is 2.27. The number of benzene rings is 1. The summed E-state index contributed by atoms with van der Waals surface area (Å²) >= 11 is 0. The summed E-state index contributed by atoms with van der Waals surface area (Å²) < 4.78 is 5.46. The van der Waals surface area contributed by atoms with Crippen molar-refractivity contribution < 1.29 is 9.53 Å². The summed E-state index contributed by atoms with van der Waals surface area (Å²) in [5.41, 5.74) is 0.903. The lowest BCUT2D eigenvalue weighted by atomic mass is 9.87. The zero-order valence-electron chi connectivity index (χ0n) is 19.9. The molecule has 0 aliphatic heterocycles. The van der Waals surface area contributed by atoms with Crippen molar-refractivity contribution in [2.45, 2.75) is 91.4 Å². The van der Waals surface area contributed by atoms with Crippen molar-refractivity contribution in [1.29, 1.82) is 5.26 Å². The van der Waals surface area contributed by atoms with E-state index in [0.29, 0.717) is 18.0 Å². The molecule has 5 heteroatoms. The Labute approximate surface area is 193 Å². The van der Waals surface area contributed by atoms with Crippen molar-refractivity contribution >= 4 is 5.97 Å². The largest absolute Gasteiger partial charge is 0.425 e. The third-order valence-corrected chi connectivity index (χ3v) is 5.82. The Kier molecular flexibility index (Phi) is 10.9. The molecule has 32 heavy (non-hydrogen) atoms. The number of rotatable bonds is 14. The van der Waals surface area contributed by atoms with Gasteiger partial charge < -0.3 is 4.74 Å². The number of nitriles is 1. The molecule has 1 aromatic heterocycles. The number of aromatic nitrogens is 2. The van der Waals surface area contributed by atoms with E-state index in [4.69, 9.17) is 4.74 Å². The van der Waals surface area contributed by atoms with Gasteiger partial charge in [-0.05, 0) is 56.0 Å². The highest BCUT2D eigenvalue weighted by Gasteiger charge is 2.34. The third-order valence-electron chi connectivity index (χ3n) is 5.82. The Bertz CT molecular complexity index is 856. The predicted molar refractivity (Wildman–Crippen MR) is 128 cm³/mol. The summed E-state index contributed by atoms with van der Waals surface area (Å²) in [6.07, 6.45) is 16.1. The third kappa shape index (κ3) is 8.07. The SMILES string of the molecule is CCCCCCCCCc1cnc(-c2ccc(OC(=O)C(C)(C#N)CCCC)cc2)nc1. The Balaban J connectivity index is 1.86. The minimum atomic E-state index is -1.12. The maximum atomic E-state index is 12.5. The molecule has 0 saturated carbocycles. The average Bonchev–Trinajstić information content (AvgIpc) is 2.83. The lowest BCUT2D eigenvalue weighted by molar-refractivity contribution is -0.142. The summed E-state index contributed by atoms with van der Waals surface area (Å²) in [5, 5.41) is 9.42. The number of carbonyl (C=O) groups is 1. The minimum Gasteiger partial charge on any atom is -0.425 e. The number of unbranched alkanes of at least 4 members (excludes halogenated alkanes) is 7. The van der Waals surface area contributed by atoms with Gasteiger partial charge in [-0.3, -0.25) is 0 Å². The Morgan fingerprint density at radius 1 is 0.938 bits per heavy atom. The van der Waals surface area contributed by atoms with Crippen LogP contribution in [0.1, 0.15) is 90.5 Å². The summed E-state index contributed by atoms with van der Waals surface area (Å²) in [4.78, 5) is 21.5. The predicted octanol–water partition coefficient (Wildman–Crippen LogP) is 7.06. The van der Waals surface area contributed by atoms with Crippen LogP contribution in [-0.4, -0.2) is 15.9 Å². The first-order chi connectivity index (χ1) is 15.5. The number of hydrogen-bond donors (Lipinski definition) is 0. The fraction of sp³-hybridized carbons (Fsp3) is 0.556. The highest BCUT2D eigenvalue weighted by atomic mass is 16.5. The van der Waals surface area contributed by atoms with Gasteiger partial charge in [0.2, 0.25) is 0 Å². The number of carbonyl (C=O) groups excluding carboxylic acids is 1. The van der Waals surface area contributed by atoms with Crippen LogP contribution in [0.5, 0.6) is 5.75 Å². The van der Waals surface area contributed by atoms with Gasteiger partial charge in [0, 0.05) is 18.0 Å².